The van der Waals surface area contributed by atoms with Crippen molar-refractivity contribution in [2.75, 3.05) is 12.9 Å². The van der Waals surface area contributed by atoms with Gasteiger partial charge in [0, 0.05) is 11.8 Å². The van der Waals surface area contributed by atoms with E-state index in [0.29, 0.717) is 21.1 Å². The summed E-state index contributed by atoms with van der Waals surface area (Å²) in [6, 6.07) is 5.15. The standard InChI is InChI=1S/C15H16Cl2FN3O4S2/c1-27(24,25)7-11-20-21-15(26-11)9-4-2-8(3-5-9)12(22)10(6-18)19-14(23)13(16)17/h2-5,10,12-13,22H,6-7H2,1H3,(H,19,23)/t10-,12-/m1/s1. The zero-order valence-electron chi connectivity index (χ0n) is 14.0. The van der Waals surface area contributed by atoms with E-state index in [0.717, 1.165) is 17.6 Å². The van der Waals surface area contributed by atoms with Crippen molar-refractivity contribution in [3.8, 4) is 10.6 Å². The van der Waals surface area contributed by atoms with Gasteiger partial charge in [0.2, 0.25) is 0 Å². The van der Waals surface area contributed by atoms with E-state index >= 15 is 0 Å². The first-order chi connectivity index (χ1) is 12.6. The van der Waals surface area contributed by atoms with Gasteiger partial charge in [0.15, 0.2) is 14.7 Å². The van der Waals surface area contributed by atoms with Gasteiger partial charge in [-0.15, -0.1) is 10.2 Å². The van der Waals surface area contributed by atoms with Crippen LogP contribution in [0.3, 0.4) is 0 Å². The van der Waals surface area contributed by atoms with Crippen LogP contribution in [0, 0.1) is 0 Å². The van der Waals surface area contributed by atoms with Crippen LogP contribution in [0.5, 0.6) is 0 Å². The Morgan fingerprint density at radius 1 is 1.30 bits per heavy atom. The Morgan fingerprint density at radius 3 is 2.44 bits per heavy atom. The molecule has 0 saturated heterocycles. The van der Waals surface area contributed by atoms with Gasteiger partial charge in [0.05, 0.1) is 6.04 Å². The van der Waals surface area contributed by atoms with Crippen molar-refractivity contribution in [2.45, 2.75) is 22.7 Å². The number of benzene rings is 1. The number of alkyl halides is 3. The summed E-state index contributed by atoms with van der Waals surface area (Å²) < 4.78 is 35.8. The van der Waals surface area contributed by atoms with E-state index in [1.807, 2.05) is 0 Å². The molecular formula is C15H16Cl2FN3O4S2. The second-order valence-corrected chi connectivity index (χ2v) is 10.0. The number of aromatic nitrogens is 2. The van der Waals surface area contributed by atoms with Crippen molar-refractivity contribution in [1.82, 2.24) is 15.5 Å². The van der Waals surface area contributed by atoms with Crippen LogP contribution in [0.15, 0.2) is 24.3 Å². The molecule has 0 radical (unpaired) electrons. The average Bonchev–Trinajstić information content (AvgIpc) is 3.05. The number of hydrogen-bond acceptors (Lipinski definition) is 7. The maximum Gasteiger partial charge on any atom is 0.253 e. The molecule has 1 aromatic heterocycles. The maximum atomic E-state index is 13.2. The zero-order valence-corrected chi connectivity index (χ0v) is 17.1. The van der Waals surface area contributed by atoms with E-state index in [9.17, 15) is 22.7 Å². The first-order valence-corrected chi connectivity index (χ1v) is 11.3. The average molecular weight is 456 g/mol. The van der Waals surface area contributed by atoms with E-state index in [4.69, 9.17) is 23.2 Å². The Kier molecular flexibility index (Phi) is 7.52. The van der Waals surface area contributed by atoms with E-state index in [2.05, 4.69) is 15.5 Å². The van der Waals surface area contributed by atoms with Crippen LogP contribution in [0.4, 0.5) is 4.39 Å². The summed E-state index contributed by atoms with van der Waals surface area (Å²) in [7, 11) is -3.21. The van der Waals surface area contributed by atoms with Crippen LogP contribution in [0.25, 0.3) is 10.6 Å². The minimum atomic E-state index is -3.21. The Labute approximate surface area is 169 Å². The number of nitrogens with zero attached hydrogens (tertiary/aromatic N) is 2. The SMILES string of the molecule is CS(=O)(=O)Cc1nnc(-c2ccc([C@@H](O)[C@@H](CF)NC(=O)C(Cl)Cl)cc2)s1. The monoisotopic (exact) mass is 455 g/mol. The number of hydrogen-bond donors (Lipinski definition) is 2. The van der Waals surface area contributed by atoms with Crippen molar-refractivity contribution in [2.24, 2.45) is 0 Å². The predicted molar refractivity (Wildman–Crippen MR) is 102 cm³/mol. The smallest absolute Gasteiger partial charge is 0.253 e. The molecule has 1 aromatic carbocycles. The van der Waals surface area contributed by atoms with Gasteiger partial charge in [0.1, 0.15) is 28.5 Å². The number of carbonyl (C=O) groups is 1. The van der Waals surface area contributed by atoms with Crippen molar-refractivity contribution in [3.63, 3.8) is 0 Å². The van der Waals surface area contributed by atoms with Gasteiger partial charge in [0.25, 0.3) is 5.91 Å². The van der Waals surface area contributed by atoms with Crippen molar-refractivity contribution >= 4 is 50.3 Å². The number of carbonyl (C=O) groups excluding carboxylic acids is 1. The number of amides is 1. The predicted octanol–water partition coefficient (Wildman–Crippen LogP) is 2.04. The van der Waals surface area contributed by atoms with Crippen LogP contribution in [0.1, 0.15) is 16.7 Å². The van der Waals surface area contributed by atoms with Crippen LogP contribution in [0.2, 0.25) is 0 Å². The summed E-state index contributed by atoms with van der Waals surface area (Å²) in [5, 5.41) is 21.2. The Balaban J connectivity index is 2.13. The lowest BCUT2D eigenvalue weighted by atomic mass is 10.0. The largest absolute Gasteiger partial charge is 0.386 e. The molecule has 1 amide bonds. The molecule has 0 aliphatic carbocycles. The third kappa shape index (κ3) is 6.35. The molecule has 12 heteroatoms. The molecule has 7 nitrogen and oxygen atoms in total. The highest BCUT2D eigenvalue weighted by Crippen LogP contribution is 2.27. The van der Waals surface area contributed by atoms with Crippen LogP contribution in [-0.2, 0) is 20.4 Å². The molecule has 2 N–H and O–H groups in total. The summed E-state index contributed by atoms with van der Waals surface area (Å²) in [5.74, 6) is -0.995. The Morgan fingerprint density at radius 2 is 1.93 bits per heavy atom. The van der Waals surface area contributed by atoms with Crippen molar-refractivity contribution in [1.29, 1.82) is 0 Å². The van der Waals surface area contributed by atoms with E-state index in [1.165, 1.54) is 0 Å². The highest BCUT2D eigenvalue weighted by molar-refractivity contribution is 7.90. The van der Waals surface area contributed by atoms with Crippen LogP contribution >= 0.6 is 34.5 Å². The summed E-state index contributed by atoms with van der Waals surface area (Å²) >= 11 is 12.0. The van der Waals surface area contributed by atoms with Crippen LogP contribution < -0.4 is 5.32 Å². The zero-order chi connectivity index (χ0) is 20.2. The Hall–Kier alpha value is -1.33. The van der Waals surface area contributed by atoms with Gasteiger partial charge < -0.3 is 10.4 Å². The quantitative estimate of drug-likeness (QED) is 0.589. The number of aliphatic hydroxyl groups excluding tert-OH is 1. The first-order valence-electron chi connectivity index (χ1n) is 7.53. The number of nitrogens with one attached hydrogen (secondary N) is 1. The third-order valence-electron chi connectivity index (χ3n) is 3.42. The van der Waals surface area contributed by atoms with Gasteiger partial charge in [-0.05, 0) is 5.56 Å². The molecule has 0 aliphatic heterocycles. The molecule has 0 spiro atoms. The van der Waals surface area contributed by atoms with Gasteiger partial charge >= 0.3 is 0 Å². The molecule has 0 bridgehead atoms. The summed E-state index contributed by atoms with van der Waals surface area (Å²) in [6.07, 6.45) is -0.198. The highest BCUT2D eigenvalue weighted by Gasteiger charge is 2.25. The molecule has 0 saturated carbocycles. The van der Waals surface area contributed by atoms with E-state index < -0.39 is 39.4 Å². The van der Waals surface area contributed by atoms with Gasteiger partial charge in [-0.1, -0.05) is 58.8 Å². The lowest BCUT2D eigenvalue weighted by molar-refractivity contribution is -0.121. The molecule has 27 heavy (non-hydrogen) atoms. The van der Waals surface area contributed by atoms with Gasteiger partial charge in [-0.2, -0.15) is 0 Å². The minimum Gasteiger partial charge on any atom is -0.386 e. The molecule has 148 valence electrons. The molecule has 2 aromatic rings. The molecule has 0 fully saturated rings. The maximum absolute atomic E-state index is 13.2. The fourth-order valence-electron chi connectivity index (χ4n) is 2.16. The summed E-state index contributed by atoms with van der Waals surface area (Å²) in [6.45, 7) is -1.01. The fraction of sp³-hybridized carbons (Fsp3) is 0.400. The molecule has 2 atom stereocenters. The van der Waals surface area contributed by atoms with Crippen LogP contribution in [-0.4, -0.2) is 53.4 Å². The van der Waals surface area contributed by atoms with Crippen molar-refractivity contribution < 1.29 is 22.7 Å². The second kappa shape index (κ2) is 9.24. The van der Waals surface area contributed by atoms with Gasteiger partial charge in [-0.3, -0.25) is 4.79 Å². The normalized spacial score (nSPS) is 14.1. The number of halogens is 3. The Bertz CT molecular complexity index is 891. The molecule has 1 heterocycles. The van der Waals surface area contributed by atoms with E-state index in [1.54, 1.807) is 24.3 Å². The molecule has 0 unspecified atom stereocenters. The number of rotatable bonds is 8. The van der Waals surface area contributed by atoms with E-state index in [-0.39, 0.29) is 5.75 Å². The minimum absolute atomic E-state index is 0.193. The molecular weight excluding hydrogens is 440 g/mol. The number of sulfone groups is 1. The second-order valence-electron chi connectivity index (χ2n) is 5.71. The first kappa shape index (κ1) is 22.0. The lowest BCUT2D eigenvalue weighted by Gasteiger charge is -2.22. The fourth-order valence-corrected chi connectivity index (χ4v) is 4.31. The summed E-state index contributed by atoms with van der Waals surface area (Å²) in [5.41, 5.74) is 1.02. The summed E-state index contributed by atoms with van der Waals surface area (Å²) in [4.78, 5) is 10.1. The lowest BCUT2D eigenvalue weighted by Crippen LogP contribution is -2.43. The van der Waals surface area contributed by atoms with Gasteiger partial charge in [-0.25, -0.2) is 12.8 Å². The topological polar surface area (TPSA) is 109 Å². The van der Waals surface area contributed by atoms with Crippen molar-refractivity contribution in [3.05, 3.63) is 34.8 Å². The third-order valence-corrected chi connectivity index (χ3v) is 5.77. The molecule has 0 aliphatic rings. The number of aliphatic hydroxyl groups is 1. The molecule has 2 rings (SSSR count). The highest BCUT2D eigenvalue weighted by atomic mass is 35.5.